The van der Waals surface area contributed by atoms with E-state index >= 15 is 0 Å². The molecule has 20 heavy (non-hydrogen) atoms. The van der Waals surface area contributed by atoms with Crippen molar-refractivity contribution in [3.05, 3.63) is 60.4 Å². The summed E-state index contributed by atoms with van der Waals surface area (Å²) in [5, 5.41) is 1.25. The summed E-state index contributed by atoms with van der Waals surface area (Å²) in [6.07, 6.45) is 6.34. The van der Waals surface area contributed by atoms with Gasteiger partial charge in [-0.05, 0) is 42.7 Å². The second-order valence-electron chi connectivity index (χ2n) is 5.33. The summed E-state index contributed by atoms with van der Waals surface area (Å²) in [6.45, 7) is 1.13. The number of aromatic amines is 1. The Morgan fingerprint density at radius 3 is 2.90 bits per heavy atom. The molecule has 1 unspecified atom stereocenters. The van der Waals surface area contributed by atoms with E-state index < -0.39 is 0 Å². The summed E-state index contributed by atoms with van der Waals surface area (Å²) in [4.78, 5) is 10.1. The molecule has 0 amide bonds. The number of hydrogen-bond donors (Lipinski definition) is 1. The fourth-order valence-electron chi connectivity index (χ4n) is 3.29. The molecule has 0 bridgehead atoms. The van der Waals surface area contributed by atoms with Gasteiger partial charge < -0.3 is 9.88 Å². The molecule has 3 heteroatoms. The van der Waals surface area contributed by atoms with Crippen LogP contribution in [0.25, 0.3) is 11.0 Å². The number of hydrogen-bond acceptors (Lipinski definition) is 2. The van der Waals surface area contributed by atoms with Crippen LogP contribution in [0.4, 0.5) is 5.69 Å². The van der Waals surface area contributed by atoms with Gasteiger partial charge in [0.1, 0.15) is 5.65 Å². The standard InChI is InChI=1S/C17H17N3/c1-2-5-13(6-3-1)20-12-4-7-16(20)14-8-10-18-17-15(14)9-11-19-17/h1-3,5-6,8-11,16H,4,7,12H2,(H,18,19). The third-order valence-corrected chi connectivity index (χ3v) is 4.19. The summed E-state index contributed by atoms with van der Waals surface area (Å²) in [6, 6.07) is 15.5. The van der Waals surface area contributed by atoms with E-state index in [0.29, 0.717) is 6.04 Å². The molecule has 1 aliphatic heterocycles. The van der Waals surface area contributed by atoms with E-state index in [0.717, 1.165) is 12.2 Å². The van der Waals surface area contributed by atoms with Crippen LogP contribution in [0.5, 0.6) is 0 Å². The number of nitrogens with one attached hydrogen (secondary N) is 1. The van der Waals surface area contributed by atoms with Gasteiger partial charge in [-0.3, -0.25) is 0 Å². The molecule has 100 valence electrons. The lowest BCUT2D eigenvalue weighted by atomic mass is 10.0. The van der Waals surface area contributed by atoms with Crippen molar-refractivity contribution in [2.75, 3.05) is 11.4 Å². The van der Waals surface area contributed by atoms with Crippen LogP contribution < -0.4 is 4.90 Å². The lowest BCUT2D eigenvalue weighted by Crippen LogP contribution is -2.22. The Morgan fingerprint density at radius 1 is 1.10 bits per heavy atom. The predicted octanol–water partition coefficient (Wildman–Crippen LogP) is 3.90. The molecule has 3 heterocycles. The molecule has 3 aromatic rings. The Balaban J connectivity index is 1.79. The maximum atomic E-state index is 4.40. The van der Waals surface area contributed by atoms with E-state index in [9.17, 15) is 0 Å². The quantitative estimate of drug-likeness (QED) is 0.760. The molecule has 4 rings (SSSR count). The molecule has 2 aromatic heterocycles. The van der Waals surface area contributed by atoms with Gasteiger partial charge in [0.25, 0.3) is 0 Å². The smallest absolute Gasteiger partial charge is 0.137 e. The van der Waals surface area contributed by atoms with Crippen molar-refractivity contribution in [3.8, 4) is 0 Å². The van der Waals surface area contributed by atoms with Gasteiger partial charge in [0.2, 0.25) is 0 Å². The van der Waals surface area contributed by atoms with E-state index in [1.165, 1.54) is 29.5 Å². The zero-order valence-corrected chi connectivity index (χ0v) is 11.3. The third-order valence-electron chi connectivity index (χ3n) is 4.19. The van der Waals surface area contributed by atoms with Crippen molar-refractivity contribution in [1.82, 2.24) is 9.97 Å². The van der Waals surface area contributed by atoms with E-state index in [1.807, 2.05) is 12.4 Å². The first-order valence-corrected chi connectivity index (χ1v) is 7.17. The van der Waals surface area contributed by atoms with Crippen molar-refractivity contribution in [2.45, 2.75) is 18.9 Å². The van der Waals surface area contributed by atoms with E-state index in [4.69, 9.17) is 0 Å². The zero-order valence-electron chi connectivity index (χ0n) is 11.3. The third kappa shape index (κ3) is 1.78. The van der Waals surface area contributed by atoms with Gasteiger partial charge in [-0.1, -0.05) is 18.2 Å². The number of pyridine rings is 1. The number of para-hydroxylation sites is 1. The summed E-state index contributed by atoms with van der Waals surface area (Å²) >= 11 is 0. The molecule has 1 aromatic carbocycles. The van der Waals surface area contributed by atoms with Crippen LogP contribution in [0, 0.1) is 0 Å². The highest BCUT2D eigenvalue weighted by atomic mass is 15.2. The Labute approximate surface area is 118 Å². The largest absolute Gasteiger partial charge is 0.364 e. The summed E-state index contributed by atoms with van der Waals surface area (Å²) in [7, 11) is 0. The SMILES string of the molecule is c1ccc(N2CCCC2c2ccnc3[nH]ccc23)cc1. The van der Waals surface area contributed by atoms with Crippen molar-refractivity contribution in [2.24, 2.45) is 0 Å². The Hall–Kier alpha value is -2.29. The molecule has 0 saturated carbocycles. The van der Waals surface area contributed by atoms with Gasteiger partial charge in [-0.25, -0.2) is 4.98 Å². The number of benzene rings is 1. The molecule has 1 atom stereocenters. The minimum Gasteiger partial charge on any atom is -0.364 e. The first-order valence-electron chi connectivity index (χ1n) is 7.17. The summed E-state index contributed by atoms with van der Waals surface area (Å²) in [5.41, 5.74) is 3.69. The Morgan fingerprint density at radius 2 is 2.00 bits per heavy atom. The zero-order chi connectivity index (χ0) is 13.4. The normalized spacial score (nSPS) is 18.8. The second kappa shape index (κ2) is 4.67. The fraction of sp³-hybridized carbons (Fsp3) is 0.235. The Kier molecular flexibility index (Phi) is 2.69. The maximum Gasteiger partial charge on any atom is 0.137 e. The van der Waals surface area contributed by atoms with Crippen LogP contribution in [-0.2, 0) is 0 Å². The van der Waals surface area contributed by atoms with Crippen LogP contribution in [0.15, 0.2) is 54.9 Å². The van der Waals surface area contributed by atoms with Crippen LogP contribution >= 0.6 is 0 Å². The molecular weight excluding hydrogens is 246 g/mol. The van der Waals surface area contributed by atoms with Crippen molar-refractivity contribution in [3.63, 3.8) is 0 Å². The number of fused-ring (bicyclic) bond motifs is 1. The van der Waals surface area contributed by atoms with Crippen molar-refractivity contribution in [1.29, 1.82) is 0 Å². The van der Waals surface area contributed by atoms with Crippen LogP contribution in [-0.4, -0.2) is 16.5 Å². The molecule has 0 aliphatic carbocycles. The average molecular weight is 263 g/mol. The van der Waals surface area contributed by atoms with Gasteiger partial charge >= 0.3 is 0 Å². The molecular formula is C17H17N3. The van der Waals surface area contributed by atoms with Gasteiger partial charge in [-0.15, -0.1) is 0 Å². The predicted molar refractivity (Wildman–Crippen MR) is 81.9 cm³/mol. The van der Waals surface area contributed by atoms with Gasteiger partial charge in [0.05, 0.1) is 6.04 Å². The highest BCUT2D eigenvalue weighted by Crippen LogP contribution is 2.38. The maximum absolute atomic E-state index is 4.40. The summed E-state index contributed by atoms with van der Waals surface area (Å²) < 4.78 is 0. The van der Waals surface area contributed by atoms with E-state index in [1.54, 1.807) is 0 Å². The first-order chi connectivity index (χ1) is 9.93. The molecule has 1 aliphatic rings. The van der Waals surface area contributed by atoms with Gasteiger partial charge in [-0.2, -0.15) is 0 Å². The highest BCUT2D eigenvalue weighted by molar-refractivity contribution is 5.80. The first kappa shape index (κ1) is 11.5. The molecule has 0 radical (unpaired) electrons. The summed E-state index contributed by atoms with van der Waals surface area (Å²) in [5.74, 6) is 0. The van der Waals surface area contributed by atoms with E-state index in [2.05, 4.69) is 57.3 Å². The van der Waals surface area contributed by atoms with Gasteiger partial charge in [0.15, 0.2) is 0 Å². The molecule has 3 nitrogen and oxygen atoms in total. The van der Waals surface area contributed by atoms with Crippen LogP contribution in [0.3, 0.4) is 0 Å². The number of anilines is 1. The Bertz CT molecular complexity index is 717. The average Bonchev–Trinajstić information content (AvgIpc) is 3.16. The second-order valence-corrected chi connectivity index (χ2v) is 5.33. The van der Waals surface area contributed by atoms with Crippen molar-refractivity contribution >= 4 is 16.7 Å². The monoisotopic (exact) mass is 263 g/mol. The van der Waals surface area contributed by atoms with Crippen molar-refractivity contribution < 1.29 is 0 Å². The molecule has 0 spiro atoms. The highest BCUT2D eigenvalue weighted by Gasteiger charge is 2.27. The van der Waals surface area contributed by atoms with Crippen LogP contribution in [0.1, 0.15) is 24.4 Å². The molecule has 1 saturated heterocycles. The van der Waals surface area contributed by atoms with E-state index in [-0.39, 0.29) is 0 Å². The fourth-order valence-corrected chi connectivity index (χ4v) is 3.29. The minimum atomic E-state index is 0.457. The number of nitrogens with zero attached hydrogens (tertiary/aromatic N) is 2. The lowest BCUT2D eigenvalue weighted by molar-refractivity contribution is 0.724. The van der Waals surface area contributed by atoms with Gasteiger partial charge in [0, 0.05) is 30.0 Å². The van der Waals surface area contributed by atoms with Crippen LogP contribution in [0.2, 0.25) is 0 Å². The number of H-pyrrole nitrogens is 1. The topological polar surface area (TPSA) is 31.9 Å². The minimum absolute atomic E-state index is 0.457. The number of aromatic nitrogens is 2. The number of rotatable bonds is 2. The molecule has 1 fully saturated rings. The molecule has 1 N–H and O–H groups in total. The lowest BCUT2D eigenvalue weighted by Gasteiger charge is -2.27.